The zero-order valence-corrected chi connectivity index (χ0v) is 22.1. The third kappa shape index (κ3) is 4.68. The summed E-state index contributed by atoms with van der Waals surface area (Å²) in [5.41, 5.74) is 12.2. The third-order valence-electron chi connectivity index (χ3n) is 4.12. The van der Waals surface area contributed by atoms with Gasteiger partial charge in [0, 0.05) is 11.1 Å². The Morgan fingerprint density at radius 2 is 0.727 bits per heavy atom. The zero-order chi connectivity index (χ0) is 24.1. The Bertz CT molecular complexity index is 1210. The molecule has 0 aromatic heterocycles. The fourth-order valence-electron chi connectivity index (χ4n) is 2.75. The maximum Gasteiger partial charge on any atom is 2.00 e. The van der Waals surface area contributed by atoms with E-state index in [0.29, 0.717) is 0 Å². The molecule has 0 saturated heterocycles. The van der Waals surface area contributed by atoms with Crippen LogP contribution in [0.4, 0.5) is 0 Å². The minimum Gasteiger partial charge on any atom is -0.790 e. The molecule has 33 heavy (non-hydrogen) atoms. The van der Waals surface area contributed by atoms with Gasteiger partial charge >= 0.3 is 16.5 Å². The van der Waals surface area contributed by atoms with Gasteiger partial charge in [0.1, 0.15) is 11.7 Å². The van der Waals surface area contributed by atoms with Crippen LogP contribution in [0.2, 0.25) is 40.2 Å². The quantitative estimate of drug-likeness (QED) is 0.144. The van der Waals surface area contributed by atoms with Crippen molar-refractivity contribution in [3.63, 3.8) is 0 Å². The molecule has 2 aliphatic heterocycles. The second-order valence-corrected chi connectivity index (χ2v) is 8.86. The molecule has 8 nitrogen and oxygen atoms in total. The summed E-state index contributed by atoms with van der Waals surface area (Å²) in [6.45, 7) is 0. The number of fused-ring (bicyclic) bond motifs is 2. The van der Waals surface area contributed by atoms with Gasteiger partial charge in [-0.1, -0.05) is 92.8 Å². The molecule has 2 heterocycles. The third-order valence-corrected chi connectivity index (χ3v) is 7.72. The SMILES string of the molecule is NC1=N/C(=N\[O-])c2c(Cl)c(Cl)c(Cl)c(Cl)c21.NC1=N/C(=N\[O-])c2c(Cl)c(Cl)c(Cl)c(Cl)c21.[Ni+2]. The topological polar surface area (TPSA) is 148 Å². The van der Waals surface area contributed by atoms with Crippen molar-refractivity contribution in [1.29, 1.82) is 0 Å². The number of aliphatic imine (C=N–C) groups is 2. The van der Waals surface area contributed by atoms with Crippen LogP contribution in [-0.4, -0.2) is 23.3 Å². The van der Waals surface area contributed by atoms with Crippen molar-refractivity contribution >= 4 is 116 Å². The molecule has 0 amide bonds. The number of rotatable bonds is 0. The van der Waals surface area contributed by atoms with E-state index in [4.69, 9.17) is 104 Å². The van der Waals surface area contributed by atoms with Gasteiger partial charge in [-0.15, -0.1) is 0 Å². The molecule has 0 aliphatic carbocycles. The van der Waals surface area contributed by atoms with Crippen LogP contribution in [0.25, 0.3) is 0 Å². The standard InChI is InChI=1S/2C8H3Cl4N3O.Ni/c2*9-3-1-2(4(10)6(12)5(3)11)8(15-16)14-7(1)13;/h2*16H,(H2,13,14,15);/q;;+2/p-2. The van der Waals surface area contributed by atoms with E-state index in [1.165, 1.54) is 0 Å². The molecule has 4 N–H and O–H groups in total. The van der Waals surface area contributed by atoms with E-state index in [9.17, 15) is 10.4 Å². The summed E-state index contributed by atoms with van der Waals surface area (Å²) < 4.78 is 0. The Hall–Kier alpha value is -0.866. The summed E-state index contributed by atoms with van der Waals surface area (Å²) in [5, 5.41) is 27.0. The van der Waals surface area contributed by atoms with Crippen LogP contribution < -0.4 is 11.5 Å². The molecule has 17 heteroatoms. The first-order valence-corrected chi connectivity index (χ1v) is 10.8. The summed E-state index contributed by atoms with van der Waals surface area (Å²) in [7, 11) is 0. The minimum absolute atomic E-state index is 0. The van der Waals surface area contributed by atoms with Gasteiger partial charge in [-0.3, -0.25) is 0 Å². The average molecular weight is 655 g/mol. The van der Waals surface area contributed by atoms with Crippen molar-refractivity contribution in [2.24, 2.45) is 31.8 Å². The van der Waals surface area contributed by atoms with Gasteiger partial charge in [0.05, 0.1) is 51.3 Å². The van der Waals surface area contributed by atoms with E-state index in [1.807, 2.05) is 0 Å². The Morgan fingerprint density at radius 1 is 0.485 bits per heavy atom. The molecule has 176 valence electrons. The van der Waals surface area contributed by atoms with Crippen LogP contribution in [-0.2, 0) is 16.5 Å². The van der Waals surface area contributed by atoms with Crippen molar-refractivity contribution in [3.8, 4) is 0 Å². The maximum atomic E-state index is 10.5. The Kier molecular flexibility index (Phi) is 9.30. The van der Waals surface area contributed by atoms with E-state index >= 15 is 0 Å². The van der Waals surface area contributed by atoms with Crippen molar-refractivity contribution < 1.29 is 16.5 Å². The minimum atomic E-state index is -0.155. The number of amidine groups is 4. The van der Waals surface area contributed by atoms with E-state index in [2.05, 4.69) is 20.3 Å². The molecule has 0 unspecified atom stereocenters. The molecular weight excluding hydrogens is 651 g/mol. The Labute approximate surface area is 235 Å². The first-order chi connectivity index (χ1) is 15.0. The van der Waals surface area contributed by atoms with Crippen LogP contribution >= 0.6 is 92.8 Å². The second kappa shape index (κ2) is 10.8. The predicted octanol–water partition coefficient (Wildman–Crippen LogP) is 6.52. The number of hydrogen-bond acceptors (Lipinski definition) is 6. The van der Waals surface area contributed by atoms with Crippen molar-refractivity contribution in [1.82, 2.24) is 0 Å². The van der Waals surface area contributed by atoms with Gasteiger partial charge < -0.3 is 32.2 Å². The molecule has 0 fully saturated rings. The Morgan fingerprint density at radius 3 is 0.970 bits per heavy atom. The number of nitrogens with zero attached hydrogens (tertiary/aromatic N) is 4. The van der Waals surface area contributed by atoms with Crippen molar-refractivity contribution in [3.05, 3.63) is 72.8 Å². The fraction of sp³-hybridized carbons (Fsp3) is 0. The predicted molar refractivity (Wildman–Crippen MR) is 134 cm³/mol. The summed E-state index contributed by atoms with van der Waals surface area (Å²) in [4.78, 5) is 7.45. The van der Waals surface area contributed by atoms with Crippen LogP contribution in [0.15, 0.2) is 20.3 Å². The van der Waals surface area contributed by atoms with E-state index < -0.39 is 0 Å². The molecule has 0 bridgehead atoms. The van der Waals surface area contributed by atoms with Crippen LogP contribution in [0, 0.1) is 10.4 Å². The van der Waals surface area contributed by atoms with Crippen LogP contribution in [0.5, 0.6) is 0 Å². The Balaban J connectivity index is 0.000000227. The smallest absolute Gasteiger partial charge is 0.790 e. The average Bonchev–Trinajstić information content (AvgIpc) is 3.30. The van der Waals surface area contributed by atoms with Gasteiger partial charge in [-0.25, -0.2) is 9.98 Å². The number of halogens is 8. The first-order valence-electron chi connectivity index (χ1n) is 7.80. The maximum absolute atomic E-state index is 10.5. The van der Waals surface area contributed by atoms with Gasteiger partial charge in [-0.05, 0) is 0 Å². The number of nitrogens with two attached hydrogens (primary N) is 2. The largest absolute Gasteiger partial charge is 2.00 e. The van der Waals surface area contributed by atoms with Crippen LogP contribution in [0.1, 0.15) is 22.3 Å². The van der Waals surface area contributed by atoms with Gasteiger partial charge in [0.25, 0.3) is 0 Å². The normalized spacial score (nSPS) is 16.0. The first kappa shape index (κ1) is 28.4. The summed E-state index contributed by atoms with van der Waals surface area (Å²) in [6.07, 6.45) is 0. The molecule has 2 aliphatic rings. The fourth-order valence-corrected chi connectivity index (χ4v) is 4.82. The van der Waals surface area contributed by atoms with E-state index in [1.54, 1.807) is 0 Å². The van der Waals surface area contributed by atoms with E-state index in [0.717, 1.165) is 0 Å². The second-order valence-electron chi connectivity index (χ2n) is 5.84. The summed E-state index contributed by atoms with van der Waals surface area (Å²) >= 11 is 47.1. The molecule has 0 spiro atoms. The molecule has 4 rings (SSSR count). The molecular formula is C16H4Cl8N6NiO2. The van der Waals surface area contributed by atoms with Crippen LogP contribution in [0.3, 0.4) is 0 Å². The molecule has 0 atom stereocenters. The molecule has 0 saturated carbocycles. The molecule has 2 aromatic rings. The monoisotopic (exact) mass is 650 g/mol. The van der Waals surface area contributed by atoms with Crippen molar-refractivity contribution in [2.75, 3.05) is 0 Å². The number of benzene rings is 2. The van der Waals surface area contributed by atoms with Gasteiger partial charge in [-0.2, -0.15) is 0 Å². The summed E-state index contributed by atoms with van der Waals surface area (Å²) in [5.74, 6) is -0.235. The van der Waals surface area contributed by atoms with Gasteiger partial charge in [0.2, 0.25) is 0 Å². The van der Waals surface area contributed by atoms with Gasteiger partial charge in [0.15, 0.2) is 11.7 Å². The van der Waals surface area contributed by atoms with E-state index in [-0.39, 0.29) is 102 Å². The molecule has 0 radical (unpaired) electrons. The zero-order valence-electron chi connectivity index (χ0n) is 15.1. The number of hydrogen-bond donors (Lipinski definition) is 2. The van der Waals surface area contributed by atoms with Crippen molar-refractivity contribution in [2.45, 2.75) is 0 Å². The molecule has 2 aromatic carbocycles. The summed E-state index contributed by atoms with van der Waals surface area (Å²) in [6, 6.07) is 0.